The predicted molar refractivity (Wildman–Crippen MR) is 109 cm³/mol. The summed E-state index contributed by atoms with van der Waals surface area (Å²) in [7, 11) is 0. The summed E-state index contributed by atoms with van der Waals surface area (Å²) in [5.41, 5.74) is 1.23. The Balaban J connectivity index is 2.17. The van der Waals surface area contributed by atoms with Gasteiger partial charge in [-0.25, -0.2) is 0 Å². The molecule has 1 nitrogen and oxygen atoms in total. The van der Waals surface area contributed by atoms with E-state index in [0.717, 1.165) is 23.3 Å². The Labute approximate surface area is 152 Å². The molecule has 130 valence electrons. The SMILES string of the molecule is C=Cc1sc(C#CC(C)(C)C)cc1N(C=C)CC1CCC(C)CC1. The number of anilines is 1. The summed E-state index contributed by atoms with van der Waals surface area (Å²) in [6, 6.07) is 2.20. The van der Waals surface area contributed by atoms with Gasteiger partial charge >= 0.3 is 0 Å². The Morgan fingerprint density at radius 3 is 2.46 bits per heavy atom. The summed E-state index contributed by atoms with van der Waals surface area (Å²) in [4.78, 5) is 4.60. The molecule has 1 aromatic rings. The molecule has 0 aliphatic heterocycles. The van der Waals surface area contributed by atoms with Crippen LogP contribution in [0, 0.1) is 29.1 Å². The first kappa shape index (κ1) is 18.9. The van der Waals surface area contributed by atoms with Crippen LogP contribution in [0.15, 0.2) is 25.4 Å². The first-order valence-electron chi connectivity index (χ1n) is 9.01. The van der Waals surface area contributed by atoms with Crippen LogP contribution in [0.2, 0.25) is 0 Å². The maximum Gasteiger partial charge on any atom is 0.0796 e. The molecule has 1 heterocycles. The van der Waals surface area contributed by atoms with Crippen LogP contribution in [0.25, 0.3) is 6.08 Å². The smallest absolute Gasteiger partial charge is 0.0796 e. The molecule has 2 rings (SSSR count). The Kier molecular flexibility index (Phi) is 6.35. The molecule has 24 heavy (non-hydrogen) atoms. The van der Waals surface area contributed by atoms with Gasteiger partial charge in [-0.2, -0.15) is 0 Å². The van der Waals surface area contributed by atoms with E-state index < -0.39 is 0 Å². The molecule has 0 amide bonds. The third-order valence-electron chi connectivity index (χ3n) is 4.61. The summed E-state index contributed by atoms with van der Waals surface area (Å²) in [5, 5.41) is 0. The standard InChI is InChI=1S/C22H31NS/c1-7-21-20(15-19(24-21)13-14-22(4,5)6)23(8-2)16-18-11-9-17(3)10-12-18/h7-8,15,17-18H,1-2,9-12,16H2,3-6H3. The van der Waals surface area contributed by atoms with Crippen molar-refractivity contribution in [1.29, 1.82) is 0 Å². The van der Waals surface area contributed by atoms with E-state index in [0.29, 0.717) is 0 Å². The van der Waals surface area contributed by atoms with Crippen LogP contribution in [-0.2, 0) is 0 Å². The Morgan fingerprint density at radius 2 is 1.92 bits per heavy atom. The molecule has 1 fully saturated rings. The zero-order valence-electron chi connectivity index (χ0n) is 15.7. The normalized spacial score (nSPS) is 20.8. The number of hydrogen-bond donors (Lipinski definition) is 0. The predicted octanol–water partition coefficient (Wildman–Crippen LogP) is 6.56. The van der Waals surface area contributed by atoms with Gasteiger partial charge in [-0.1, -0.05) is 44.8 Å². The lowest BCUT2D eigenvalue weighted by Gasteiger charge is -2.31. The Morgan fingerprint density at radius 1 is 1.25 bits per heavy atom. The van der Waals surface area contributed by atoms with Gasteiger partial charge in [0.1, 0.15) is 0 Å². The van der Waals surface area contributed by atoms with Crippen molar-refractivity contribution in [2.45, 2.75) is 53.4 Å². The van der Waals surface area contributed by atoms with Crippen molar-refractivity contribution < 1.29 is 0 Å². The lowest BCUT2D eigenvalue weighted by molar-refractivity contribution is 0.295. The molecule has 1 aliphatic rings. The molecular formula is C22H31NS. The molecule has 0 atom stereocenters. The van der Waals surface area contributed by atoms with Crippen LogP contribution in [-0.4, -0.2) is 6.54 Å². The third kappa shape index (κ3) is 5.28. The van der Waals surface area contributed by atoms with E-state index in [1.165, 1.54) is 36.2 Å². The summed E-state index contributed by atoms with van der Waals surface area (Å²) >= 11 is 1.73. The molecule has 1 aliphatic carbocycles. The molecule has 1 saturated carbocycles. The lowest BCUT2D eigenvalue weighted by Crippen LogP contribution is -2.27. The number of rotatable bonds is 5. The van der Waals surface area contributed by atoms with E-state index in [-0.39, 0.29) is 5.41 Å². The van der Waals surface area contributed by atoms with Gasteiger partial charge < -0.3 is 4.90 Å². The first-order valence-corrected chi connectivity index (χ1v) is 9.82. The van der Waals surface area contributed by atoms with E-state index in [2.05, 4.69) is 63.7 Å². The van der Waals surface area contributed by atoms with Crippen LogP contribution < -0.4 is 4.90 Å². The highest BCUT2D eigenvalue weighted by Gasteiger charge is 2.21. The second kappa shape index (κ2) is 8.08. The van der Waals surface area contributed by atoms with Crippen molar-refractivity contribution in [3.05, 3.63) is 35.2 Å². The van der Waals surface area contributed by atoms with Gasteiger partial charge in [0, 0.05) is 12.0 Å². The topological polar surface area (TPSA) is 3.24 Å². The molecular weight excluding hydrogens is 310 g/mol. The summed E-state index contributed by atoms with van der Waals surface area (Å²) in [5.74, 6) is 8.31. The fourth-order valence-electron chi connectivity index (χ4n) is 3.14. The van der Waals surface area contributed by atoms with Gasteiger partial charge in [0.25, 0.3) is 0 Å². The van der Waals surface area contributed by atoms with Crippen molar-refractivity contribution in [3.63, 3.8) is 0 Å². The second-order valence-corrected chi connectivity index (χ2v) is 9.11. The first-order chi connectivity index (χ1) is 11.3. The summed E-state index contributed by atoms with van der Waals surface area (Å²) in [6.07, 6.45) is 9.28. The number of thiophene rings is 1. The molecule has 2 heteroatoms. The molecule has 0 unspecified atom stereocenters. The molecule has 0 saturated heterocycles. The van der Waals surface area contributed by atoms with E-state index in [4.69, 9.17) is 0 Å². The third-order valence-corrected chi connectivity index (χ3v) is 5.64. The van der Waals surface area contributed by atoms with Gasteiger partial charge in [-0.15, -0.1) is 11.3 Å². The molecule has 0 radical (unpaired) electrons. The number of hydrogen-bond acceptors (Lipinski definition) is 2. The van der Waals surface area contributed by atoms with Crippen LogP contribution in [0.1, 0.15) is 63.1 Å². The lowest BCUT2D eigenvalue weighted by atomic mass is 9.83. The van der Waals surface area contributed by atoms with Gasteiger partial charge in [0.05, 0.1) is 15.4 Å². The zero-order chi connectivity index (χ0) is 17.7. The van der Waals surface area contributed by atoms with Crippen molar-refractivity contribution in [3.8, 4) is 11.8 Å². The molecule has 0 spiro atoms. The highest BCUT2D eigenvalue weighted by Crippen LogP contribution is 2.35. The van der Waals surface area contributed by atoms with E-state index >= 15 is 0 Å². The van der Waals surface area contributed by atoms with Crippen LogP contribution >= 0.6 is 11.3 Å². The fraction of sp³-hybridized carbons (Fsp3) is 0.545. The van der Waals surface area contributed by atoms with Crippen molar-refractivity contribution in [2.24, 2.45) is 17.3 Å². The maximum absolute atomic E-state index is 4.05. The van der Waals surface area contributed by atoms with Gasteiger partial charge in [-0.3, -0.25) is 0 Å². The van der Waals surface area contributed by atoms with Crippen molar-refractivity contribution >= 4 is 23.1 Å². The average Bonchev–Trinajstić information content (AvgIpc) is 2.95. The highest BCUT2D eigenvalue weighted by atomic mass is 32.1. The van der Waals surface area contributed by atoms with E-state index in [1.54, 1.807) is 11.3 Å². The molecule has 1 aromatic heterocycles. The maximum atomic E-state index is 4.05. The number of nitrogens with zero attached hydrogens (tertiary/aromatic N) is 1. The minimum atomic E-state index is 0.0232. The molecule has 0 aromatic carbocycles. The second-order valence-electron chi connectivity index (χ2n) is 8.03. The fourth-order valence-corrected chi connectivity index (χ4v) is 4.01. The van der Waals surface area contributed by atoms with E-state index in [9.17, 15) is 0 Å². The Bertz CT molecular complexity index is 627. The molecule has 0 bridgehead atoms. The largest absolute Gasteiger partial charge is 0.347 e. The van der Waals surface area contributed by atoms with Gasteiger partial charge in [0.15, 0.2) is 0 Å². The van der Waals surface area contributed by atoms with Crippen LogP contribution in [0.3, 0.4) is 0 Å². The molecule has 0 N–H and O–H groups in total. The monoisotopic (exact) mass is 341 g/mol. The Hall–Kier alpha value is -1.46. The average molecular weight is 342 g/mol. The van der Waals surface area contributed by atoms with Crippen LogP contribution in [0.5, 0.6) is 0 Å². The van der Waals surface area contributed by atoms with Gasteiger partial charge in [0.2, 0.25) is 0 Å². The van der Waals surface area contributed by atoms with Crippen molar-refractivity contribution in [1.82, 2.24) is 0 Å². The van der Waals surface area contributed by atoms with Gasteiger partial charge in [-0.05, 0) is 63.8 Å². The minimum absolute atomic E-state index is 0.0232. The highest BCUT2D eigenvalue weighted by molar-refractivity contribution is 7.14. The summed E-state index contributed by atoms with van der Waals surface area (Å²) in [6.45, 7) is 17.9. The van der Waals surface area contributed by atoms with Crippen LogP contribution in [0.4, 0.5) is 5.69 Å². The quantitative estimate of drug-likeness (QED) is 0.548. The minimum Gasteiger partial charge on any atom is -0.347 e. The summed E-state index contributed by atoms with van der Waals surface area (Å²) < 4.78 is 0. The van der Waals surface area contributed by atoms with E-state index in [1.807, 2.05) is 12.3 Å². The van der Waals surface area contributed by atoms with Crippen molar-refractivity contribution in [2.75, 3.05) is 11.4 Å². The zero-order valence-corrected chi connectivity index (χ0v) is 16.5.